The largest absolute Gasteiger partial charge is 0.446 e. The summed E-state index contributed by atoms with van der Waals surface area (Å²) in [5, 5.41) is 3.15. The lowest BCUT2D eigenvalue weighted by molar-refractivity contribution is -0.0591. The highest BCUT2D eigenvalue weighted by Crippen LogP contribution is 2.67. The van der Waals surface area contributed by atoms with Crippen LogP contribution in [0.5, 0.6) is 0 Å². The Hall–Kier alpha value is -1.03. The predicted molar refractivity (Wildman–Crippen MR) is 154 cm³/mol. The smallest absolute Gasteiger partial charge is 0.409 e. The molecular formula is C33H58N2O2. The SMILES string of the molecule is CNCCCN(C)C(=O)OC1CCC2(C)C(=CCC3C2CCC2(C)C(C(C)CCCC(C)C)CCC32)C1. The van der Waals surface area contributed by atoms with Gasteiger partial charge in [0.1, 0.15) is 6.10 Å². The van der Waals surface area contributed by atoms with Crippen molar-refractivity contribution >= 4 is 6.09 Å². The first-order chi connectivity index (χ1) is 17.6. The summed E-state index contributed by atoms with van der Waals surface area (Å²) in [7, 11) is 3.82. The minimum absolute atomic E-state index is 0.0477. The maximum atomic E-state index is 12.7. The van der Waals surface area contributed by atoms with Crippen LogP contribution in [-0.4, -0.2) is 44.3 Å². The fraction of sp³-hybridized carbons (Fsp3) is 0.909. The van der Waals surface area contributed by atoms with Gasteiger partial charge in [-0.2, -0.15) is 0 Å². The van der Waals surface area contributed by atoms with Crippen molar-refractivity contribution in [2.24, 2.45) is 46.3 Å². The summed E-state index contributed by atoms with van der Waals surface area (Å²) in [5.74, 6) is 5.21. The molecular weight excluding hydrogens is 456 g/mol. The lowest BCUT2D eigenvalue weighted by atomic mass is 9.47. The maximum absolute atomic E-state index is 12.7. The zero-order valence-corrected chi connectivity index (χ0v) is 25.3. The van der Waals surface area contributed by atoms with Gasteiger partial charge in [-0.25, -0.2) is 4.79 Å². The van der Waals surface area contributed by atoms with Crippen LogP contribution in [0.1, 0.15) is 112 Å². The lowest BCUT2D eigenvalue weighted by Gasteiger charge is -2.58. The van der Waals surface area contributed by atoms with Crippen LogP contribution in [0.15, 0.2) is 11.6 Å². The van der Waals surface area contributed by atoms with Gasteiger partial charge < -0.3 is 15.0 Å². The normalized spacial score (nSPS) is 37.8. The molecule has 0 saturated heterocycles. The van der Waals surface area contributed by atoms with Crippen LogP contribution in [0.4, 0.5) is 4.79 Å². The lowest BCUT2D eigenvalue weighted by Crippen LogP contribution is -2.51. The maximum Gasteiger partial charge on any atom is 0.409 e. The highest BCUT2D eigenvalue weighted by atomic mass is 16.6. The molecule has 8 unspecified atom stereocenters. The van der Waals surface area contributed by atoms with Crippen LogP contribution in [0.3, 0.4) is 0 Å². The third-order valence-electron chi connectivity index (χ3n) is 11.8. The summed E-state index contributed by atoms with van der Waals surface area (Å²) in [5.41, 5.74) is 2.47. The number of hydrogen-bond acceptors (Lipinski definition) is 3. The van der Waals surface area contributed by atoms with Crippen LogP contribution in [0.25, 0.3) is 0 Å². The fourth-order valence-electron chi connectivity index (χ4n) is 9.57. The third-order valence-corrected chi connectivity index (χ3v) is 11.8. The second kappa shape index (κ2) is 12.0. The van der Waals surface area contributed by atoms with Crippen molar-refractivity contribution in [3.05, 3.63) is 11.6 Å². The van der Waals surface area contributed by atoms with E-state index in [1.165, 1.54) is 57.8 Å². The third kappa shape index (κ3) is 5.94. The Balaban J connectivity index is 1.38. The minimum atomic E-state index is -0.146. The van der Waals surface area contributed by atoms with Crippen LogP contribution in [0.2, 0.25) is 0 Å². The Morgan fingerprint density at radius 2 is 1.86 bits per heavy atom. The Morgan fingerprint density at radius 1 is 1.08 bits per heavy atom. The number of carbonyl (C=O) groups is 1. The van der Waals surface area contributed by atoms with Gasteiger partial charge in [-0.15, -0.1) is 0 Å². The van der Waals surface area contributed by atoms with Crippen molar-refractivity contribution in [2.75, 3.05) is 27.2 Å². The molecule has 212 valence electrons. The molecule has 4 heteroatoms. The van der Waals surface area contributed by atoms with E-state index < -0.39 is 0 Å². The first kappa shape index (κ1) is 29.0. The molecule has 4 nitrogen and oxygen atoms in total. The number of amides is 1. The second-order valence-electron chi connectivity index (χ2n) is 14.4. The van der Waals surface area contributed by atoms with Gasteiger partial charge in [0, 0.05) is 20.0 Å². The molecule has 4 aliphatic carbocycles. The van der Waals surface area contributed by atoms with Crippen LogP contribution < -0.4 is 5.32 Å². The fourth-order valence-corrected chi connectivity index (χ4v) is 9.57. The van der Waals surface area contributed by atoms with E-state index in [0.717, 1.165) is 67.9 Å². The van der Waals surface area contributed by atoms with Crippen LogP contribution >= 0.6 is 0 Å². The molecule has 0 heterocycles. The summed E-state index contributed by atoms with van der Waals surface area (Å²) in [6, 6.07) is 0. The summed E-state index contributed by atoms with van der Waals surface area (Å²) in [4.78, 5) is 14.4. The number of rotatable bonds is 10. The molecule has 4 rings (SSSR count). The molecule has 0 aromatic rings. The highest BCUT2D eigenvalue weighted by molar-refractivity contribution is 5.67. The number of nitrogens with zero attached hydrogens (tertiary/aromatic N) is 1. The molecule has 0 aromatic carbocycles. The molecule has 1 amide bonds. The van der Waals surface area contributed by atoms with Gasteiger partial charge >= 0.3 is 6.09 Å². The predicted octanol–water partition coefficient (Wildman–Crippen LogP) is 8.07. The molecule has 3 saturated carbocycles. The van der Waals surface area contributed by atoms with Crippen molar-refractivity contribution in [1.29, 1.82) is 0 Å². The van der Waals surface area contributed by atoms with Gasteiger partial charge in [-0.3, -0.25) is 0 Å². The molecule has 0 aliphatic heterocycles. The van der Waals surface area contributed by atoms with Crippen molar-refractivity contribution in [2.45, 2.75) is 118 Å². The van der Waals surface area contributed by atoms with E-state index in [-0.39, 0.29) is 12.2 Å². The molecule has 0 aromatic heterocycles. The zero-order chi connectivity index (χ0) is 26.8. The van der Waals surface area contributed by atoms with Gasteiger partial charge in [0.25, 0.3) is 0 Å². The molecule has 1 N–H and O–H groups in total. The van der Waals surface area contributed by atoms with E-state index in [2.05, 4.69) is 46.0 Å². The Bertz CT molecular complexity index is 808. The molecule has 4 aliphatic rings. The number of nitrogens with one attached hydrogen (secondary N) is 1. The van der Waals surface area contributed by atoms with Crippen molar-refractivity contribution < 1.29 is 9.53 Å². The highest BCUT2D eigenvalue weighted by Gasteiger charge is 2.59. The minimum Gasteiger partial charge on any atom is -0.446 e. The summed E-state index contributed by atoms with van der Waals surface area (Å²) in [6.07, 6.45) is 17.8. The van der Waals surface area contributed by atoms with Crippen molar-refractivity contribution in [3.8, 4) is 0 Å². The van der Waals surface area contributed by atoms with Crippen molar-refractivity contribution in [3.63, 3.8) is 0 Å². The standard InChI is InChI=1S/C33H58N2O2/c1-23(2)10-8-11-24(3)28-14-15-29-27-13-12-25-22-26(37-31(36)35(7)21-9-20-34-6)16-18-32(25,4)30(27)17-19-33(28,29)5/h12,23-24,26-30,34H,8-11,13-22H2,1-7H3. The monoisotopic (exact) mass is 514 g/mol. The molecule has 0 bridgehead atoms. The van der Waals surface area contributed by atoms with Crippen molar-refractivity contribution in [1.82, 2.24) is 10.2 Å². The Kier molecular flexibility index (Phi) is 9.40. The van der Waals surface area contributed by atoms with E-state index in [9.17, 15) is 4.79 Å². The number of hydrogen-bond donors (Lipinski definition) is 1. The average Bonchev–Trinajstić information content (AvgIpc) is 3.21. The zero-order valence-electron chi connectivity index (χ0n) is 25.3. The van der Waals surface area contributed by atoms with E-state index in [0.29, 0.717) is 10.8 Å². The first-order valence-electron chi connectivity index (χ1n) is 15.9. The van der Waals surface area contributed by atoms with Gasteiger partial charge in [0.2, 0.25) is 0 Å². The summed E-state index contributed by atoms with van der Waals surface area (Å²) >= 11 is 0. The summed E-state index contributed by atoms with van der Waals surface area (Å²) in [6.45, 7) is 14.2. The molecule has 3 fully saturated rings. The quantitative estimate of drug-likeness (QED) is 0.237. The second-order valence-corrected chi connectivity index (χ2v) is 14.4. The number of ether oxygens (including phenoxy) is 1. The van der Waals surface area contributed by atoms with Gasteiger partial charge in [0.15, 0.2) is 0 Å². The summed E-state index contributed by atoms with van der Waals surface area (Å²) < 4.78 is 6.01. The number of allylic oxidation sites excluding steroid dienone is 1. The molecule has 0 radical (unpaired) electrons. The van der Waals surface area contributed by atoms with Crippen LogP contribution in [0, 0.1) is 46.3 Å². The van der Waals surface area contributed by atoms with E-state index in [1.807, 2.05) is 14.1 Å². The first-order valence-corrected chi connectivity index (χ1v) is 15.9. The van der Waals surface area contributed by atoms with E-state index in [4.69, 9.17) is 4.74 Å². The van der Waals surface area contributed by atoms with Gasteiger partial charge in [-0.05, 0) is 111 Å². The van der Waals surface area contributed by atoms with E-state index >= 15 is 0 Å². The van der Waals surface area contributed by atoms with Gasteiger partial charge in [0.05, 0.1) is 0 Å². The van der Waals surface area contributed by atoms with Crippen LogP contribution in [-0.2, 0) is 4.74 Å². The molecule has 0 spiro atoms. The Morgan fingerprint density at radius 3 is 2.59 bits per heavy atom. The average molecular weight is 515 g/mol. The molecule has 37 heavy (non-hydrogen) atoms. The molecule has 8 atom stereocenters. The van der Waals surface area contributed by atoms with Gasteiger partial charge in [-0.1, -0.05) is 65.5 Å². The Labute approximate surface area is 228 Å². The number of fused-ring (bicyclic) bond motifs is 5. The number of carbonyl (C=O) groups excluding carboxylic acids is 1. The van der Waals surface area contributed by atoms with E-state index in [1.54, 1.807) is 10.5 Å². The topological polar surface area (TPSA) is 41.6 Å².